The Kier molecular flexibility index (Phi) is 1.97. The van der Waals surface area contributed by atoms with E-state index in [0.29, 0.717) is 0 Å². The van der Waals surface area contributed by atoms with Crippen LogP contribution in [0.3, 0.4) is 0 Å². The topological polar surface area (TPSA) is 25.2 Å². The fourth-order valence-corrected chi connectivity index (χ4v) is 2.71. The number of furan rings is 1. The van der Waals surface area contributed by atoms with Crippen LogP contribution in [0.2, 0.25) is 5.02 Å². The number of anilines is 1. The zero-order chi connectivity index (χ0) is 12.1. The second-order valence-corrected chi connectivity index (χ2v) is 4.89. The Morgan fingerprint density at radius 2 is 2.00 bits per heavy atom. The van der Waals surface area contributed by atoms with Gasteiger partial charge in [0.1, 0.15) is 11.3 Å². The molecule has 2 heterocycles. The summed E-state index contributed by atoms with van der Waals surface area (Å²) in [5.41, 5.74) is 4.25. The van der Waals surface area contributed by atoms with Gasteiger partial charge in [0.15, 0.2) is 0 Å². The molecule has 0 saturated heterocycles. The molecule has 1 aliphatic heterocycles. The third kappa shape index (κ3) is 1.30. The summed E-state index contributed by atoms with van der Waals surface area (Å²) < 4.78 is 5.97. The molecule has 0 aliphatic carbocycles. The highest BCUT2D eigenvalue weighted by atomic mass is 35.5. The van der Waals surface area contributed by atoms with Crippen molar-refractivity contribution in [2.45, 2.75) is 6.54 Å². The lowest BCUT2D eigenvalue weighted by Crippen LogP contribution is -2.06. The Bertz CT molecular complexity index is 760. The van der Waals surface area contributed by atoms with Crippen LogP contribution in [-0.2, 0) is 6.54 Å². The van der Waals surface area contributed by atoms with E-state index in [9.17, 15) is 0 Å². The first kappa shape index (κ1) is 10.0. The molecule has 0 radical (unpaired) electrons. The summed E-state index contributed by atoms with van der Waals surface area (Å²) in [6, 6.07) is 13.9. The van der Waals surface area contributed by atoms with Crippen LogP contribution in [-0.4, -0.2) is 0 Å². The van der Waals surface area contributed by atoms with Gasteiger partial charge in [0.05, 0.1) is 0 Å². The molecular weight excluding hydrogens is 246 g/mol. The van der Waals surface area contributed by atoms with Gasteiger partial charge in [0, 0.05) is 33.8 Å². The molecule has 1 aromatic heterocycles. The molecular formula is C15H10ClNO. The fraction of sp³-hybridized carbons (Fsp3) is 0.0667. The van der Waals surface area contributed by atoms with Gasteiger partial charge < -0.3 is 9.73 Å². The van der Waals surface area contributed by atoms with Gasteiger partial charge in [-0.3, -0.25) is 0 Å². The number of benzene rings is 2. The van der Waals surface area contributed by atoms with Crippen LogP contribution in [0.5, 0.6) is 0 Å². The standard InChI is InChI=1S/C15H10ClNO/c16-9-5-6-13-11(7-9)15-12(8-17-13)10-3-1-2-4-14(10)18-15/h1-7,17H,8H2. The van der Waals surface area contributed by atoms with E-state index >= 15 is 0 Å². The van der Waals surface area contributed by atoms with Crippen LogP contribution in [0.4, 0.5) is 5.69 Å². The number of rotatable bonds is 0. The Hall–Kier alpha value is -1.93. The van der Waals surface area contributed by atoms with Crippen molar-refractivity contribution in [2.24, 2.45) is 0 Å². The molecule has 88 valence electrons. The van der Waals surface area contributed by atoms with Gasteiger partial charge in [-0.25, -0.2) is 0 Å². The van der Waals surface area contributed by atoms with E-state index in [4.69, 9.17) is 16.0 Å². The summed E-state index contributed by atoms with van der Waals surface area (Å²) in [5.74, 6) is 0.937. The average molecular weight is 256 g/mol. The van der Waals surface area contributed by atoms with Crippen LogP contribution in [0.25, 0.3) is 22.3 Å². The predicted molar refractivity (Wildman–Crippen MR) is 74.0 cm³/mol. The van der Waals surface area contributed by atoms with E-state index in [0.717, 1.165) is 34.2 Å². The van der Waals surface area contributed by atoms with E-state index in [2.05, 4.69) is 11.4 Å². The highest BCUT2D eigenvalue weighted by Gasteiger charge is 2.22. The third-order valence-corrected chi connectivity index (χ3v) is 3.62. The molecule has 0 fully saturated rings. The van der Waals surface area contributed by atoms with Crippen LogP contribution in [0.1, 0.15) is 5.56 Å². The Morgan fingerprint density at radius 3 is 2.94 bits per heavy atom. The summed E-state index contributed by atoms with van der Waals surface area (Å²) in [6.45, 7) is 0.793. The largest absolute Gasteiger partial charge is 0.456 e. The van der Waals surface area contributed by atoms with Gasteiger partial charge >= 0.3 is 0 Å². The fourth-order valence-electron chi connectivity index (χ4n) is 2.53. The molecule has 0 amide bonds. The normalized spacial score (nSPS) is 12.9. The highest BCUT2D eigenvalue weighted by molar-refractivity contribution is 6.31. The van der Waals surface area contributed by atoms with Crippen molar-refractivity contribution in [1.82, 2.24) is 0 Å². The van der Waals surface area contributed by atoms with E-state index in [-0.39, 0.29) is 0 Å². The molecule has 1 aliphatic rings. The number of para-hydroxylation sites is 1. The van der Waals surface area contributed by atoms with Gasteiger partial charge in [-0.15, -0.1) is 0 Å². The molecule has 0 bridgehead atoms. The maximum absolute atomic E-state index is 6.07. The van der Waals surface area contributed by atoms with Crippen LogP contribution in [0, 0.1) is 0 Å². The van der Waals surface area contributed by atoms with Crippen molar-refractivity contribution in [3.63, 3.8) is 0 Å². The lowest BCUT2D eigenvalue weighted by Gasteiger charge is -2.17. The summed E-state index contributed by atoms with van der Waals surface area (Å²) in [5, 5.41) is 5.30. The number of hydrogen-bond donors (Lipinski definition) is 1. The minimum Gasteiger partial charge on any atom is -0.456 e. The van der Waals surface area contributed by atoms with E-state index in [1.54, 1.807) is 0 Å². The molecule has 4 rings (SSSR count). The second-order valence-electron chi connectivity index (χ2n) is 4.45. The minimum absolute atomic E-state index is 0.726. The molecule has 2 aromatic carbocycles. The van der Waals surface area contributed by atoms with Gasteiger partial charge in [0.2, 0.25) is 0 Å². The first-order chi connectivity index (χ1) is 8.83. The van der Waals surface area contributed by atoms with Crippen molar-refractivity contribution < 1.29 is 4.42 Å². The van der Waals surface area contributed by atoms with E-state index < -0.39 is 0 Å². The monoisotopic (exact) mass is 255 g/mol. The molecule has 0 unspecified atom stereocenters. The quantitative estimate of drug-likeness (QED) is 0.631. The molecule has 3 aromatic rings. The summed E-state index contributed by atoms with van der Waals surface area (Å²) in [4.78, 5) is 0. The molecule has 18 heavy (non-hydrogen) atoms. The van der Waals surface area contributed by atoms with Crippen molar-refractivity contribution in [3.8, 4) is 11.3 Å². The van der Waals surface area contributed by atoms with Crippen LogP contribution >= 0.6 is 11.6 Å². The lowest BCUT2D eigenvalue weighted by atomic mass is 10.0. The maximum Gasteiger partial charge on any atom is 0.142 e. The summed E-state index contributed by atoms with van der Waals surface area (Å²) in [6.07, 6.45) is 0. The van der Waals surface area contributed by atoms with Gasteiger partial charge in [0.25, 0.3) is 0 Å². The molecule has 0 spiro atoms. The number of nitrogens with one attached hydrogen (secondary N) is 1. The first-order valence-corrected chi connectivity index (χ1v) is 6.25. The minimum atomic E-state index is 0.726. The smallest absolute Gasteiger partial charge is 0.142 e. The highest BCUT2D eigenvalue weighted by Crippen LogP contribution is 2.41. The summed E-state index contributed by atoms with van der Waals surface area (Å²) in [7, 11) is 0. The lowest BCUT2D eigenvalue weighted by molar-refractivity contribution is 0.626. The Labute approximate surface area is 109 Å². The first-order valence-electron chi connectivity index (χ1n) is 5.87. The maximum atomic E-state index is 6.07. The zero-order valence-electron chi connectivity index (χ0n) is 9.53. The molecule has 1 N–H and O–H groups in total. The second kappa shape index (κ2) is 3.53. The molecule has 0 saturated carbocycles. The zero-order valence-corrected chi connectivity index (χ0v) is 10.3. The average Bonchev–Trinajstić information content (AvgIpc) is 2.78. The third-order valence-electron chi connectivity index (χ3n) is 3.38. The molecule has 3 heteroatoms. The van der Waals surface area contributed by atoms with Crippen LogP contribution in [0.15, 0.2) is 46.9 Å². The van der Waals surface area contributed by atoms with Crippen molar-refractivity contribution in [2.75, 3.05) is 5.32 Å². The van der Waals surface area contributed by atoms with E-state index in [1.165, 1.54) is 10.9 Å². The van der Waals surface area contributed by atoms with Crippen molar-refractivity contribution in [1.29, 1.82) is 0 Å². The predicted octanol–water partition coefficient (Wildman–Crippen LogP) is 4.68. The van der Waals surface area contributed by atoms with Gasteiger partial charge in [-0.2, -0.15) is 0 Å². The van der Waals surface area contributed by atoms with Crippen molar-refractivity contribution >= 4 is 28.3 Å². The Balaban J connectivity index is 2.08. The number of fused-ring (bicyclic) bond motifs is 5. The van der Waals surface area contributed by atoms with Crippen LogP contribution < -0.4 is 5.32 Å². The van der Waals surface area contributed by atoms with Crippen molar-refractivity contribution in [3.05, 3.63) is 53.1 Å². The SMILES string of the molecule is Clc1ccc2c(c1)-c1oc3ccccc3c1CN2. The number of halogens is 1. The van der Waals surface area contributed by atoms with E-state index in [1.807, 2.05) is 36.4 Å². The Morgan fingerprint density at radius 1 is 1.11 bits per heavy atom. The number of hydrogen-bond acceptors (Lipinski definition) is 2. The van der Waals surface area contributed by atoms with Gasteiger partial charge in [-0.1, -0.05) is 29.8 Å². The molecule has 0 atom stereocenters. The van der Waals surface area contributed by atoms with Gasteiger partial charge in [-0.05, 0) is 24.3 Å². The summed E-state index contributed by atoms with van der Waals surface area (Å²) >= 11 is 6.07. The molecule has 2 nitrogen and oxygen atoms in total.